The number of benzene rings is 2. The molecule has 31 heavy (non-hydrogen) atoms. The summed E-state index contributed by atoms with van der Waals surface area (Å²) in [7, 11) is 2.13. The number of ketones is 1. The molecule has 0 amide bonds. The highest BCUT2D eigenvalue weighted by molar-refractivity contribution is 6.11. The molecule has 2 aromatic carbocycles. The van der Waals surface area contributed by atoms with Gasteiger partial charge in [-0.3, -0.25) is 9.69 Å². The van der Waals surface area contributed by atoms with Crippen LogP contribution in [0.3, 0.4) is 0 Å². The van der Waals surface area contributed by atoms with Gasteiger partial charge in [0, 0.05) is 37.3 Å². The Morgan fingerprint density at radius 1 is 1.13 bits per heavy atom. The summed E-state index contributed by atoms with van der Waals surface area (Å²) in [5.74, 6) is 6.00. The molecule has 0 bridgehead atoms. The van der Waals surface area contributed by atoms with Gasteiger partial charge < -0.3 is 10.6 Å². The lowest BCUT2D eigenvalue weighted by atomic mass is 10.0. The van der Waals surface area contributed by atoms with E-state index in [9.17, 15) is 9.18 Å². The molecule has 1 aliphatic heterocycles. The van der Waals surface area contributed by atoms with Crippen LogP contribution < -0.4 is 5.73 Å². The zero-order chi connectivity index (χ0) is 21.8. The van der Waals surface area contributed by atoms with Gasteiger partial charge in [0.25, 0.3) is 0 Å². The fraction of sp³-hybridized carbons (Fsp3) is 0.250. The molecule has 2 N–H and O–H groups in total. The number of aromatic nitrogens is 2. The van der Waals surface area contributed by atoms with Crippen molar-refractivity contribution in [2.24, 2.45) is 0 Å². The van der Waals surface area contributed by atoms with Crippen LogP contribution in [0.2, 0.25) is 0 Å². The molecule has 2 heterocycles. The molecule has 158 valence electrons. The minimum absolute atomic E-state index is 0.211. The highest BCUT2D eigenvalue weighted by atomic mass is 19.1. The summed E-state index contributed by atoms with van der Waals surface area (Å²) in [5, 5.41) is 4.20. The highest BCUT2D eigenvalue weighted by Crippen LogP contribution is 2.21. The van der Waals surface area contributed by atoms with Crippen molar-refractivity contribution >= 4 is 11.6 Å². The quantitative estimate of drug-likeness (QED) is 0.522. The third-order valence-corrected chi connectivity index (χ3v) is 5.38. The standard InChI is InChI=1S/C24H24FN5O/c1-28-12-14-29(15-13-28)11-3-5-18-4-2-6-19(16-18)23(31)22-17-27-30(24(22)26)21-9-7-20(25)8-10-21/h2,4,6-10,16-17H,11-15,26H2,1H3. The van der Waals surface area contributed by atoms with Gasteiger partial charge in [0.15, 0.2) is 5.78 Å². The molecule has 4 rings (SSSR count). The molecule has 0 spiro atoms. The number of nitrogens with two attached hydrogens (primary N) is 1. The first-order valence-electron chi connectivity index (χ1n) is 10.2. The molecule has 3 aromatic rings. The molecule has 0 aliphatic carbocycles. The summed E-state index contributed by atoms with van der Waals surface area (Å²) in [6.07, 6.45) is 1.44. The molecule has 0 unspecified atom stereocenters. The average molecular weight is 417 g/mol. The van der Waals surface area contributed by atoms with Crippen LogP contribution in [0.15, 0.2) is 54.7 Å². The van der Waals surface area contributed by atoms with Gasteiger partial charge in [-0.2, -0.15) is 5.10 Å². The van der Waals surface area contributed by atoms with Crippen molar-refractivity contribution in [3.05, 3.63) is 77.2 Å². The SMILES string of the molecule is CN1CCN(CC#Cc2cccc(C(=O)c3cnn(-c4ccc(F)cc4)c3N)c2)CC1. The normalized spacial score (nSPS) is 14.8. The van der Waals surface area contributed by atoms with Gasteiger partial charge in [0.1, 0.15) is 11.6 Å². The molecule has 0 atom stereocenters. The molecular weight excluding hydrogens is 393 g/mol. The number of hydrogen-bond acceptors (Lipinski definition) is 5. The van der Waals surface area contributed by atoms with Crippen molar-refractivity contribution in [1.82, 2.24) is 19.6 Å². The van der Waals surface area contributed by atoms with Crippen LogP contribution in [-0.2, 0) is 0 Å². The maximum atomic E-state index is 13.2. The molecule has 1 saturated heterocycles. The summed E-state index contributed by atoms with van der Waals surface area (Å²) in [5.41, 5.74) is 8.33. The van der Waals surface area contributed by atoms with Gasteiger partial charge in [0.05, 0.1) is 24.0 Å². The van der Waals surface area contributed by atoms with Crippen molar-refractivity contribution in [2.75, 3.05) is 45.5 Å². The van der Waals surface area contributed by atoms with Crippen LogP contribution in [-0.4, -0.2) is 65.1 Å². The second-order valence-corrected chi connectivity index (χ2v) is 7.62. The number of halogens is 1. The maximum Gasteiger partial charge on any atom is 0.198 e. The summed E-state index contributed by atoms with van der Waals surface area (Å²) in [6, 6.07) is 13.0. The van der Waals surface area contributed by atoms with E-state index in [1.54, 1.807) is 24.3 Å². The van der Waals surface area contributed by atoms with E-state index in [1.165, 1.54) is 23.0 Å². The Morgan fingerprint density at radius 3 is 2.61 bits per heavy atom. The first kappa shape index (κ1) is 20.8. The van der Waals surface area contributed by atoms with Crippen molar-refractivity contribution in [3.63, 3.8) is 0 Å². The van der Waals surface area contributed by atoms with E-state index in [0.717, 1.165) is 31.7 Å². The van der Waals surface area contributed by atoms with Gasteiger partial charge in [-0.25, -0.2) is 9.07 Å². The first-order chi connectivity index (χ1) is 15.0. The van der Waals surface area contributed by atoms with Crippen molar-refractivity contribution in [1.29, 1.82) is 0 Å². The summed E-state index contributed by atoms with van der Waals surface area (Å²) >= 11 is 0. The third kappa shape index (κ3) is 4.82. The fourth-order valence-corrected chi connectivity index (χ4v) is 3.47. The molecular formula is C24H24FN5O. The number of carbonyl (C=O) groups is 1. The molecule has 0 radical (unpaired) electrons. The lowest BCUT2D eigenvalue weighted by Crippen LogP contribution is -2.44. The Balaban J connectivity index is 1.49. The van der Waals surface area contributed by atoms with E-state index in [-0.39, 0.29) is 17.4 Å². The van der Waals surface area contributed by atoms with E-state index < -0.39 is 0 Å². The Morgan fingerprint density at radius 2 is 1.87 bits per heavy atom. The largest absolute Gasteiger partial charge is 0.383 e. The van der Waals surface area contributed by atoms with Crippen LogP contribution in [0.25, 0.3) is 5.69 Å². The molecule has 1 aromatic heterocycles. The summed E-state index contributed by atoms with van der Waals surface area (Å²) in [4.78, 5) is 17.7. The average Bonchev–Trinajstić information content (AvgIpc) is 3.16. The zero-order valence-electron chi connectivity index (χ0n) is 17.4. The topological polar surface area (TPSA) is 67.4 Å². The lowest BCUT2D eigenvalue weighted by Gasteiger charge is -2.30. The van der Waals surface area contributed by atoms with Crippen molar-refractivity contribution < 1.29 is 9.18 Å². The lowest BCUT2D eigenvalue weighted by molar-refractivity contribution is 0.103. The fourth-order valence-electron chi connectivity index (χ4n) is 3.47. The zero-order valence-corrected chi connectivity index (χ0v) is 17.4. The van der Waals surface area contributed by atoms with E-state index >= 15 is 0 Å². The number of hydrogen-bond donors (Lipinski definition) is 1. The number of likely N-dealkylation sites (N-methyl/N-ethyl adjacent to an activating group) is 1. The predicted molar refractivity (Wildman–Crippen MR) is 119 cm³/mol. The highest BCUT2D eigenvalue weighted by Gasteiger charge is 2.18. The van der Waals surface area contributed by atoms with Gasteiger partial charge in [-0.05, 0) is 43.4 Å². The van der Waals surface area contributed by atoms with E-state index in [4.69, 9.17) is 5.73 Å². The van der Waals surface area contributed by atoms with Crippen LogP contribution in [0.5, 0.6) is 0 Å². The molecule has 6 nitrogen and oxygen atoms in total. The number of anilines is 1. The minimum atomic E-state index is -0.351. The van der Waals surface area contributed by atoms with Gasteiger partial charge in [0.2, 0.25) is 0 Å². The second-order valence-electron chi connectivity index (χ2n) is 7.62. The van der Waals surface area contributed by atoms with E-state index in [0.29, 0.717) is 23.4 Å². The Labute approximate surface area is 181 Å². The van der Waals surface area contributed by atoms with Crippen LogP contribution >= 0.6 is 0 Å². The van der Waals surface area contributed by atoms with Gasteiger partial charge >= 0.3 is 0 Å². The third-order valence-electron chi connectivity index (χ3n) is 5.38. The van der Waals surface area contributed by atoms with Crippen molar-refractivity contribution in [3.8, 4) is 17.5 Å². The van der Waals surface area contributed by atoms with E-state index in [2.05, 4.69) is 33.8 Å². The summed E-state index contributed by atoms with van der Waals surface area (Å²) in [6.45, 7) is 4.85. The molecule has 7 heteroatoms. The number of nitrogens with zero attached hydrogens (tertiary/aromatic N) is 4. The van der Waals surface area contributed by atoms with Crippen LogP contribution in [0, 0.1) is 17.7 Å². The maximum absolute atomic E-state index is 13.2. The van der Waals surface area contributed by atoms with E-state index in [1.807, 2.05) is 12.1 Å². The van der Waals surface area contributed by atoms with Crippen LogP contribution in [0.1, 0.15) is 21.5 Å². The molecule has 1 aliphatic rings. The Kier molecular flexibility index (Phi) is 6.12. The predicted octanol–water partition coefficient (Wildman–Crippen LogP) is 2.42. The smallest absolute Gasteiger partial charge is 0.198 e. The second kappa shape index (κ2) is 9.13. The van der Waals surface area contributed by atoms with Gasteiger partial charge in [-0.15, -0.1) is 0 Å². The monoisotopic (exact) mass is 417 g/mol. The minimum Gasteiger partial charge on any atom is -0.383 e. The van der Waals surface area contributed by atoms with Gasteiger partial charge in [-0.1, -0.05) is 24.0 Å². The Bertz CT molecular complexity index is 1130. The van der Waals surface area contributed by atoms with Crippen LogP contribution in [0.4, 0.5) is 10.2 Å². The summed E-state index contributed by atoms with van der Waals surface area (Å²) < 4.78 is 14.6. The number of rotatable bonds is 4. The number of carbonyl (C=O) groups excluding carboxylic acids is 1. The Hall–Kier alpha value is -3.47. The number of nitrogen functional groups attached to an aromatic ring is 1. The number of piperazine rings is 1. The first-order valence-corrected chi connectivity index (χ1v) is 10.2. The molecule has 1 fully saturated rings. The molecule has 0 saturated carbocycles. The van der Waals surface area contributed by atoms with Crippen molar-refractivity contribution in [2.45, 2.75) is 0 Å².